The van der Waals surface area contributed by atoms with Gasteiger partial charge >= 0.3 is 5.97 Å². The number of nitrogens with zero attached hydrogens (tertiary/aromatic N) is 2. The van der Waals surface area contributed by atoms with Gasteiger partial charge in [0.25, 0.3) is 5.91 Å². The second-order valence-corrected chi connectivity index (χ2v) is 9.26. The Morgan fingerprint density at radius 2 is 1.74 bits per heavy atom. The van der Waals surface area contributed by atoms with Crippen molar-refractivity contribution in [2.75, 3.05) is 18.5 Å². The summed E-state index contributed by atoms with van der Waals surface area (Å²) in [6.07, 6.45) is 2.42. The molecule has 1 amide bonds. The zero-order chi connectivity index (χ0) is 26.8. The van der Waals surface area contributed by atoms with Crippen LogP contribution in [0.3, 0.4) is 0 Å². The molecule has 7 nitrogen and oxygen atoms in total. The first-order valence-corrected chi connectivity index (χ1v) is 12.9. The highest BCUT2D eigenvalue weighted by molar-refractivity contribution is 6.04. The Balaban J connectivity index is 1.40. The van der Waals surface area contributed by atoms with E-state index in [0.717, 1.165) is 44.7 Å². The molecule has 3 heterocycles. The molecule has 0 atom stereocenters. The Labute approximate surface area is 225 Å². The second-order valence-electron chi connectivity index (χ2n) is 9.26. The standard InChI is InChI=1S/C32H26N4O3/c1-2-39-32(38)21-13-11-20(12-14-21)22-6-3-7-23(18-22)28-19-29(30-27(36-28)15-17-34-31(30)37)35-26-10-4-9-25-24(26)8-5-16-33-25/h3-14,16,18-19H,2,15,17H2,1H3,(H,34,37)(H,35,36). The van der Waals surface area contributed by atoms with Gasteiger partial charge in [0.2, 0.25) is 0 Å². The maximum atomic E-state index is 12.9. The average Bonchev–Trinajstić information content (AvgIpc) is 2.97. The third-order valence-corrected chi connectivity index (χ3v) is 6.77. The van der Waals surface area contributed by atoms with Crippen LogP contribution < -0.4 is 10.6 Å². The Kier molecular flexibility index (Phi) is 6.47. The molecule has 0 unspecified atom stereocenters. The SMILES string of the molecule is CCOC(=O)c1ccc(-c2cccc(-c3cc(Nc4cccc5ncccc45)c4c(n3)CCNC4=O)c2)cc1. The molecule has 6 rings (SSSR count). The zero-order valence-electron chi connectivity index (χ0n) is 21.4. The predicted octanol–water partition coefficient (Wildman–Crippen LogP) is 6.17. The van der Waals surface area contributed by atoms with Gasteiger partial charge in [0.05, 0.1) is 40.3 Å². The number of aromatic nitrogens is 2. The number of hydrogen-bond donors (Lipinski definition) is 2. The normalized spacial score (nSPS) is 12.5. The van der Waals surface area contributed by atoms with Gasteiger partial charge in [0.1, 0.15) is 0 Å². The van der Waals surface area contributed by atoms with Crippen molar-refractivity contribution in [3.8, 4) is 22.4 Å². The molecule has 0 fully saturated rings. The fourth-order valence-electron chi connectivity index (χ4n) is 4.89. The smallest absolute Gasteiger partial charge is 0.338 e. The number of pyridine rings is 2. The van der Waals surface area contributed by atoms with Crippen molar-refractivity contribution in [3.63, 3.8) is 0 Å². The van der Waals surface area contributed by atoms with Crippen molar-refractivity contribution in [2.45, 2.75) is 13.3 Å². The van der Waals surface area contributed by atoms with Crippen LogP contribution in [0.25, 0.3) is 33.3 Å². The van der Waals surface area contributed by atoms with Crippen LogP contribution in [0.15, 0.2) is 91.1 Å². The number of amides is 1. The summed E-state index contributed by atoms with van der Waals surface area (Å²) in [4.78, 5) is 34.3. The van der Waals surface area contributed by atoms with Crippen molar-refractivity contribution in [1.29, 1.82) is 0 Å². The number of carbonyl (C=O) groups excluding carboxylic acids is 2. The Morgan fingerprint density at radius 3 is 2.59 bits per heavy atom. The minimum atomic E-state index is -0.331. The molecule has 0 bridgehead atoms. The lowest BCUT2D eigenvalue weighted by molar-refractivity contribution is 0.0526. The van der Waals surface area contributed by atoms with Crippen molar-refractivity contribution >= 4 is 34.2 Å². The zero-order valence-corrected chi connectivity index (χ0v) is 21.4. The van der Waals surface area contributed by atoms with Gasteiger partial charge in [0, 0.05) is 35.8 Å². The summed E-state index contributed by atoms with van der Waals surface area (Å²) in [7, 11) is 0. The van der Waals surface area contributed by atoms with E-state index in [0.29, 0.717) is 36.4 Å². The number of hydrogen-bond acceptors (Lipinski definition) is 6. The molecule has 0 spiro atoms. The fourth-order valence-corrected chi connectivity index (χ4v) is 4.89. The number of rotatable bonds is 6. The molecule has 5 aromatic rings. The summed E-state index contributed by atoms with van der Waals surface area (Å²) in [5, 5.41) is 7.42. The Morgan fingerprint density at radius 1 is 0.923 bits per heavy atom. The molecule has 192 valence electrons. The maximum absolute atomic E-state index is 12.9. The largest absolute Gasteiger partial charge is 0.462 e. The number of fused-ring (bicyclic) bond motifs is 2. The number of esters is 1. The quantitative estimate of drug-likeness (QED) is 0.263. The summed E-state index contributed by atoms with van der Waals surface area (Å²) in [6.45, 7) is 2.68. The lowest BCUT2D eigenvalue weighted by atomic mass is 9.98. The molecule has 0 saturated heterocycles. The molecular formula is C32H26N4O3. The number of benzene rings is 3. The summed E-state index contributed by atoms with van der Waals surface area (Å²) >= 11 is 0. The van der Waals surface area contributed by atoms with Crippen molar-refractivity contribution in [3.05, 3.63) is 108 Å². The van der Waals surface area contributed by atoms with Crippen molar-refractivity contribution in [1.82, 2.24) is 15.3 Å². The van der Waals surface area contributed by atoms with E-state index in [2.05, 4.69) is 21.7 Å². The van der Waals surface area contributed by atoms with Crippen LogP contribution in [0.1, 0.15) is 33.3 Å². The molecule has 2 N–H and O–H groups in total. The Hall–Kier alpha value is -5.04. The van der Waals surface area contributed by atoms with Crippen molar-refractivity contribution < 1.29 is 14.3 Å². The monoisotopic (exact) mass is 514 g/mol. The van der Waals surface area contributed by atoms with Crippen LogP contribution in [0, 0.1) is 0 Å². The lowest BCUT2D eigenvalue weighted by Crippen LogP contribution is -2.33. The molecule has 3 aromatic carbocycles. The number of carbonyl (C=O) groups is 2. The van der Waals surface area contributed by atoms with E-state index < -0.39 is 0 Å². The highest BCUT2D eigenvalue weighted by atomic mass is 16.5. The van der Waals surface area contributed by atoms with Crippen LogP contribution in [0.4, 0.5) is 11.4 Å². The van der Waals surface area contributed by atoms with Gasteiger partial charge in [-0.2, -0.15) is 0 Å². The van der Waals surface area contributed by atoms with E-state index in [4.69, 9.17) is 9.72 Å². The minimum Gasteiger partial charge on any atom is -0.462 e. The Bertz CT molecular complexity index is 1710. The van der Waals surface area contributed by atoms with E-state index in [9.17, 15) is 9.59 Å². The number of anilines is 2. The van der Waals surface area contributed by atoms with Crippen molar-refractivity contribution in [2.24, 2.45) is 0 Å². The first kappa shape index (κ1) is 24.3. The van der Waals surface area contributed by atoms with Gasteiger partial charge in [-0.3, -0.25) is 14.8 Å². The van der Waals surface area contributed by atoms with Gasteiger partial charge in [-0.25, -0.2) is 4.79 Å². The fraction of sp³-hybridized carbons (Fsp3) is 0.125. The molecule has 39 heavy (non-hydrogen) atoms. The highest BCUT2D eigenvalue weighted by Gasteiger charge is 2.24. The topological polar surface area (TPSA) is 93.2 Å². The predicted molar refractivity (Wildman–Crippen MR) is 152 cm³/mol. The van der Waals surface area contributed by atoms with Gasteiger partial charge in [0.15, 0.2) is 0 Å². The van der Waals surface area contributed by atoms with Gasteiger partial charge in [-0.05, 0) is 66.6 Å². The van der Waals surface area contributed by atoms with E-state index in [1.54, 1.807) is 25.3 Å². The first-order valence-electron chi connectivity index (χ1n) is 12.9. The first-order chi connectivity index (χ1) is 19.1. The van der Waals surface area contributed by atoms with Crippen LogP contribution >= 0.6 is 0 Å². The number of ether oxygens (including phenoxy) is 1. The minimum absolute atomic E-state index is 0.133. The van der Waals surface area contributed by atoms with E-state index >= 15 is 0 Å². The summed E-state index contributed by atoms with van der Waals surface area (Å²) in [6, 6.07) is 27.2. The average molecular weight is 515 g/mol. The molecule has 7 heteroatoms. The molecule has 0 radical (unpaired) electrons. The molecule has 1 aliphatic rings. The van der Waals surface area contributed by atoms with E-state index in [1.165, 1.54) is 0 Å². The third kappa shape index (κ3) is 4.82. The molecular weight excluding hydrogens is 488 g/mol. The van der Waals surface area contributed by atoms with Crippen LogP contribution in [-0.4, -0.2) is 35.0 Å². The van der Waals surface area contributed by atoms with E-state index in [1.807, 2.05) is 66.7 Å². The molecule has 0 saturated carbocycles. The molecule has 0 aliphatic carbocycles. The van der Waals surface area contributed by atoms with Gasteiger partial charge in [-0.1, -0.05) is 36.4 Å². The summed E-state index contributed by atoms with van der Waals surface area (Å²) in [5.74, 6) is -0.464. The maximum Gasteiger partial charge on any atom is 0.338 e. The van der Waals surface area contributed by atoms with Gasteiger partial charge in [-0.15, -0.1) is 0 Å². The summed E-state index contributed by atoms with van der Waals surface area (Å²) < 4.78 is 5.10. The van der Waals surface area contributed by atoms with Crippen LogP contribution in [0.2, 0.25) is 0 Å². The van der Waals surface area contributed by atoms with Crippen LogP contribution in [-0.2, 0) is 11.2 Å². The lowest BCUT2D eigenvalue weighted by Gasteiger charge is -2.21. The van der Waals surface area contributed by atoms with E-state index in [-0.39, 0.29) is 11.9 Å². The van der Waals surface area contributed by atoms with Crippen LogP contribution in [0.5, 0.6) is 0 Å². The molecule has 1 aliphatic heterocycles. The second kappa shape index (κ2) is 10.4. The number of nitrogens with one attached hydrogen (secondary N) is 2. The molecule has 2 aromatic heterocycles. The third-order valence-electron chi connectivity index (χ3n) is 6.77. The highest BCUT2D eigenvalue weighted by Crippen LogP contribution is 2.34. The van der Waals surface area contributed by atoms with Gasteiger partial charge < -0.3 is 15.4 Å². The summed E-state index contributed by atoms with van der Waals surface area (Å²) in [5.41, 5.74) is 7.97.